The van der Waals surface area contributed by atoms with Crippen molar-refractivity contribution in [1.82, 2.24) is 9.21 Å². The summed E-state index contributed by atoms with van der Waals surface area (Å²) in [5.41, 5.74) is 0.111. The minimum absolute atomic E-state index is 0.0434. The van der Waals surface area contributed by atoms with Gasteiger partial charge in [-0.05, 0) is 26.0 Å². The number of rotatable bonds is 5. The number of nitrogens with one attached hydrogen (secondary N) is 2. The quantitative estimate of drug-likeness (QED) is 0.693. The lowest BCUT2D eigenvalue weighted by atomic mass is 10.1. The second-order valence-electron chi connectivity index (χ2n) is 7.08. The fourth-order valence-corrected chi connectivity index (χ4v) is 4.66. The van der Waals surface area contributed by atoms with Crippen molar-refractivity contribution in [2.24, 2.45) is 0 Å². The Morgan fingerprint density at radius 3 is 2.52 bits per heavy atom. The van der Waals surface area contributed by atoms with Crippen LogP contribution in [0.4, 0.5) is 14.5 Å². The van der Waals surface area contributed by atoms with Gasteiger partial charge in [0.05, 0.1) is 11.3 Å². The van der Waals surface area contributed by atoms with Crippen LogP contribution in [0.3, 0.4) is 0 Å². The zero-order valence-electron chi connectivity index (χ0n) is 16.0. The number of benzene rings is 1. The minimum Gasteiger partial charge on any atom is -0.484 e. The first-order chi connectivity index (χ1) is 13.6. The first-order valence-corrected chi connectivity index (χ1v) is 10.5. The van der Waals surface area contributed by atoms with E-state index in [1.165, 1.54) is 4.31 Å². The molecule has 0 bridgehead atoms. The number of ether oxygens (including phenoxy) is 1. The Morgan fingerprint density at radius 2 is 1.93 bits per heavy atom. The lowest BCUT2D eigenvalue weighted by Crippen LogP contribution is -2.58. The van der Waals surface area contributed by atoms with Gasteiger partial charge in [-0.3, -0.25) is 4.79 Å². The molecule has 1 fully saturated rings. The highest BCUT2D eigenvalue weighted by Gasteiger charge is 2.39. The van der Waals surface area contributed by atoms with Gasteiger partial charge < -0.3 is 20.4 Å². The second-order valence-corrected chi connectivity index (χ2v) is 9.57. The lowest BCUT2D eigenvalue weighted by Gasteiger charge is -2.45. The largest absolute Gasteiger partial charge is 0.484 e. The van der Waals surface area contributed by atoms with Crippen LogP contribution >= 0.6 is 0 Å². The van der Waals surface area contributed by atoms with E-state index < -0.39 is 32.8 Å². The molecular formula is C18H22F2N4O4S. The van der Waals surface area contributed by atoms with Crippen LogP contribution in [0, 0.1) is 17.0 Å². The van der Waals surface area contributed by atoms with Crippen molar-refractivity contribution in [3.63, 3.8) is 0 Å². The van der Waals surface area contributed by atoms with Crippen molar-refractivity contribution < 1.29 is 26.7 Å². The number of anilines is 1. The lowest BCUT2D eigenvalue weighted by molar-refractivity contribution is -0.117. The topological polar surface area (TPSA) is 103 Å². The molecule has 3 rings (SSSR count). The molecule has 0 radical (unpaired) electrons. The number of carbonyl (C=O) groups is 1. The first-order valence-electron chi connectivity index (χ1n) is 9.04. The summed E-state index contributed by atoms with van der Waals surface area (Å²) in [5.74, 6) is -2.58. The minimum atomic E-state index is -3.43. The molecule has 1 aromatic rings. The SMILES string of the molecule is CC(C)S(=O)(=O)N1CCN2C(C=N)=C(C(=O)Nc3cc(F)cc(F)c3)OCC2C1. The highest BCUT2D eigenvalue weighted by atomic mass is 32.2. The van der Waals surface area contributed by atoms with E-state index in [1.807, 2.05) is 0 Å². The van der Waals surface area contributed by atoms with Crippen molar-refractivity contribution in [2.45, 2.75) is 25.1 Å². The van der Waals surface area contributed by atoms with E-state index in [-0.39, 0.29) is 49.4 Å². The summed E-state index contributed by atoms with van der Waals surface area (Å²) in [6, 6.07) is 2.27. The number of amides is 1. The molecule has 2 aliphatic heterocycles. The van der Waals surface area contributed by atoms with Gasteiger partial charge in [0.1, 0.15) is 23.9 Å². The van der Waals surface area contributed by atoms with E-state index in [2.05, 4.69) is 5.32 Å². The van der Waals surface area contributed by atoms with E-state index in [1.54, 1.807) is 18.7 Å². The number of hydrogen-bond acceptors (Lipinski definition) is 6. The third-order valence-electron chi connectivity index (χ3n) is 4.83. The van der Waals surface area contributed by atoms with Gasteiger partial charge in [0.25, 0.3) is 5.91 Å². The molecule has 2 heterocycles. The van der Waals surface area contributed by atoms with Gasteiger partial charge in [0.15, 0.2) is 0 Å². The van der Waals surface area contributed by atoms with Crippen molar-refractivity contribution in [3.05, 3.63) is 41.3 Å². The number of halogens is 2. The van der Waals surface area contributed by atoms with Gasteiger partial charge in [-0.1, -0.05) is 0 Å². The monoisotopic (exact) mass is 428 g/mol. The Morgan fingerprint density at radius 1 is 1.28 bits per heavy atom. The van der Waals surface area contributed by atoms with Crippen molar-refractivity contribution in [1.29, 1.82) is 5.41 Å². The number of fused-ring (bicyclic) bond motifs is 1. The van der Waals surface area contributed by atoms with E-state index in [0.717, 1.165) is 18.3 Å². The van der Waals surface area contributed by atoms with E-state index in [0.29, 0.717) is 6.07 Å². The average molecular weight is 428 g/mol. The third-order valence-corrected chi connectivity index (χ3v) is 7.07. The Kier molecular flexibility index (Phi) is 5.90. The molecule has 1 atom stereocenters. The average Bonchev–Trinajstić information content (AvgIpc) is 2.65. The number of piperazine rings is 1. The van der Waals surface area contributed by atoms with Crippen LogP contribution in [0.25, 0.3) is 0 Å². The zero-order valence-corrected chi connectivity index (χ0v) is 16.8. The number of hydrogen-bond donors (Lipinski definition) is 2. The molecule has 0 saturated carbocycles. The molecule has 1 amide bonds. The van der Waals surface area contributed by atoms with Crippen LogP contribution in [-0.4, -0.2) is 67.3 Å². The first kappa shape index (κ1) is 21.2. The van der Waals surface area contributed by atoms with Gasteiger partial charge in [0.2, 0.25) is 15.8 Å². The maximum Gasteiger partial charge on any atom is 0.293 e. The summed E-state index contributed by atoms with van der Waals surface area (Å²) >= 11 is 0. The standard InChI is InChI=1S/C18H22F2N4O4S/c1-11(2)29(26,27)23-3-4-24-15(9-23)10-28-17(16(24)8-21)18(25)22-14-6-12(19)5-13(20)7-14/h5-8,11,15,21H,3-4,9-10H2,1-2H3,(H,22,25). The van der Waals surface area contributed by atoms with Crippen LogP contribution in [-0.2, 0) is 19.6 Å². The number of allylic oxidation sites excluding steroid dienone is 1. The van der Waals surface area contributed by atoms with E-state index in [4.69, 9.17) is 10.1 Å². The molecule has 29 heavy (non-hydrogen) atoms. The van der Waals surface area contributed by atoms with Crippen molar-refractivity contribution >= 4 is 27.8 Å². The van der Waals surface area contributed by atoms with Crippen LogP contribution in [0.2, 0.25) is 0 Å². The second kappa shape index (κ2) is 8.07. The maximum absolute atomic E-state index is 13.3. The normalized spacial score (nSPS) is 20.3. The highest BCUT2D eigenvalue weighted by Crippen LogP contribution is 2.27. The molecule has 2 N–H and O–H groups in total. The summed E-state index contributed by atoms with van der Waals surface area (Å²) < 4.78 is 58.5. The van der Waals surface area contributed by atoms with Gasteiger partial charge in [-0.15, -0.1) is 0 Å². The summed E-state index contributed by atoms with van der Waals surface area (Å²) in [4.78, 5) is 14.3. The summed E-state index contributed by atoms with van der Waals surface area (Å²) in [6.07, 6.45) is 0.958. The molecule has 8 nitrogen and oxygen atoms in total. The van der Waals surface area contributed by atoms with Crippen LogP contribution in [0.1, 0.15) is 13.8 Å². The van der Waals surface area contributed by atoms with Gasteiger partial charge >= 0.3 is 0 Å². The van der Waals surface area contributed by atoms with Crippen molar-refractivity contribution in [2.75, 3.05) is 31.6 Å². The molecule has 158 valence electrons. The Balaban J connectivity index is 1.81. The molecule has 2 aliphatic rings. The Hall–Kier alpha value is -2.53. The number of carbonyl (C=O) groups excluding carboxylic acids is 1. The van der Waals surface area contributed by atoms with Gasteiger partial charge in [-0.25, -0.2) is 17.2 Å². The molecule has 0 aromatic heterocycles. The number of nitrogens with zero attached hydrogens (tertiary/aromatic N) is 2. The zero-order chi connectivity index (χ0) is 21.3. The Labute approximate surface area is 167 Å². The smallest absolute Gasteiger partial charge is 0.293 e. The Bertz CT molecular complexity index is 944. The fraction of sp³-hybridized carbons (Fsp3) is 0.444. The molecule has 11 heteroatoms. The van der Waals surface area contributed by atoms with Crippen molar-refractivity contribution in [3.8, 4) is 0 Å². The molecule has 0 spiro atoms. The molecule has 1 unspecified atom stereocenters. The molecule has 0 aliphatic carbocycles. The fourth-order valence-electron chi connectivity index (χ4n) is 3.34. The van der Waals surface area contributed by atoms with Gasteiger partial charge in [-0.2, -0.15) is 4.31 Å². The highest BCUT2D eigenvalue weighted by molar-refractivity contribution is 7.89. The van der Waals surface area contributed by atoms with E-state index >= 15 is 0 Å². The third kappa shape index (κ3) is 4.25. The predicted molar refractivity (Wildman–Crippen MR) is 103 cm³/mol. The van der Waals surface area contributed by atoms with Crippen LogP contribution in [0.15, 0.2) is 29.7 Å². The summed E-state index contributed by atoms with van der Waals surface area (Å²) in [7, 11) is -3.43. The predicted octanol–water partition coefficient (Wildman–Crippen LogP) is 1.52. The van der Waals surface area contributed by atoms with Crippen LogP contribution in [0.5, 0.6) is 0 Å². The molecular weight excluding hydrogens is 406 g/mol. The summed E-state index contributed by atoms with van der Waals surface area (Å²) in [5, 5.41) is 9.51. The van der Waals surface area contributed by atoms with Gasteiger partial charge in [0, 0.05) is 37.6 Å². The summed E-state index contributed by atoms with van der Waals surface area (Å²) in [6.45, 7) is 3.96. The van der Waals surface area contributed by atoms with Crippen LogP contribution < -0.4 is 5.32 Å². The maximum atomic E-state index is 13.3. The van der Waals surface area contributed by atoms with E-state index in [9.17, 15) is 22.0 Å². The number of sulfonamides is 1. The molecule has 1 aromatic carbocycles. The molecule has 1 saturated heterocycles.